The number of hydrogen-bond acceptors (Lipinski definition) is 4. The molecule has 3 rings (SSSR count). The maximum atomic E-state index is 13.3. The third kappa shape index (κ3) is 3.66. The highest BCUT2D eigenvalue weighted by atomic mass is 32.2. The molecular weight excluding hydrogens is 330 g/mol. The van der Waals surface area contributed by atoms with Crippen molar-refractivity contribution in [3.05, 3.63) is 71.3 Å². The molecule has 0 fully saturated rings. The van der Waals surface area contributed by atoms with E-state index in [9.17, 15) is 4.79 Å². The van der Waals surface area contributed by atoms with Crippen molar-refractivity contribution in [1.29, 1.82) is 0 Å². The number of hydrogen-bond donors (Lipinski definition) is 0. The van der Waals surface area contributed by atoms with E-state index in [2.05, 4.69) is 23.2 Å². The second-order valence-electron chi connectivity index (χ2n) is 5.92. The average molecular weight is 351 g/mol. The van der Waals surface area contributed by atoms with E-state index in [1.807, 2.05) is 54.8 Å². The van der Waals surface area contributed by atoms with Crippen LogP contribution in [0.4, 0.5) is 0 Å². The summed E-state index contributed by atoms with van der Waals surface area (Å²) >= 11 is 1.78. The average Bonchev–Trinajstić information content (AvgIpc) is 3.05. The molecule has 0 unspecified atom stereocenters. The molecule has 0 radical (unpaired) electrons. The minimum Gasteiger partial charge on any atom is -0.289 e. The van der Waals surface area contributed by atoms with Gasteiger partial charge in [-0.15, -0.1) is 22.0 Å². The molecule has 0 aliphatic carbocycles. The minimum absolute atomic E-state index is 0.0279. The Hall–Kier alpha value is -2.40. The smallest absolute Gasteiger partial charge is 0.195 e. The quantitative estimate of drug-likeness (QED) is 0.480. The number of carbonyl (C=O) groups is 1. The highest BCUT2D eigenvalue weighted by Crippen LogP contribution is 2.25. The highest BCUT2D eigenvalue weighted by Gasteiger charge is 2.18. The molecule has 2 aromatic carbocycles. The topological polar surface area (TPSA) is 47.8 Å². The largest absolute Gasteiger partial charge is 0.289 e. The van der Waals surface area contributed by atoms with Gasteiger partial charge in [-0.05, 0) is 49.8 Å². The molecule has 3 aromatic rings. The predicted octanol–water partition coefficient (Wildman–Crippen LogP) is 4.62. The van der Waals surface area contributed by atoms with Gasteiger partial charge in [0.25, 0.3) is 0 Å². The highest BCUT2D eigenvalue weighted by molar-refractivity contribution is 7.99. The molecule has 0 aliphatic rings. The van der Waals surface area contributed by atoms with Gasteiger partial charge < -0.3 is 0 Å². The Morgan fingerprint density at radius 3 is 2.68 bits per heavy atom. The third-order valence-corrected chi connectivity index (χ3v) is 5.22. The fraction of sp³-hybridized carbons (Fsp3) is 0.250. The second-order valence-corrected chi connectivity index (χ2v) is 7.09. The van der Waals surface area contributed by atoms with E-state index in [1.165, 1.54) is 0 Å². The zero-order valence-corrected chi connectivity index (χ0v) is 15.5. The summed E-state index contributed by atoms with van der Waals surface area (Å²) in [4.78, 5) is 14.4. The molecule has 5 heteroatoms. The minimum atomic E-state index is 0.0279. The van der Waals surface area contributed by atoms with Gasteiger partial charge >= 0.3 is 0 Å². The molecule has 128 valence electrons. The molecule has 1 heterocycles. The fourth-order valence-electron chi connectivity index (χ4n) is 2.77. The summed E-state index contributed by atoms with van der Waals surface area (Å²) in [6.07, 6.45) is 2.76. The molecule has 0 N–H and O–H groups in total. The van der Waals surface area contributed by atoms with Crippen molar-refractivity contribution in [2.75, 3.05) is 5.75 Å². The van der Waals surface area contributed by atoms with Crippen LogP contribution in [0.3, 0.4) is 0 Å². The molecular formula is C20H21N3OS. The molecule has 0 saturated carbocycles. The van der Waals surface area contributed by atoms with E-state index in [1.54, 1.807) is 18.1 Å². The lowest BCUT2D eigenvalue weighted by Crippen LogP contribution is -2.10. The molecule has 0 atom stereocenters. The SMILES string of the molecule is CCCSc1cccc(C(=O)c2c(C)cccc2-n2cnnc2C)c1. The molecule has 0 bridgehead atoms. The summed E-state index contributed by atoms with van der Waals surface area (Å²) in [5, 5.41) is 7.99. The Morgan fingerprint density at radius 1 is 1.16 bits per heavy atom. The van der Waals surface area contributed by atoms with Crippen LogP contribution in [0.1, 0.15) is 40.7 Å². The Labute approximate surface area is 152 Å². The van der Waals surface area contributed by atoms with Crippen LogP contribution in [-0.2, 0) is 0 Å². The van der Waals surface area contributed by atoms with Crippen molar-refractivity contribution in [2.45, 2.75) is 32.1 Å². The van der Waals surface area contributed by atoms with Crippen LogP contribution in [0.15, 0.2) is 53.7 Å². The second kappa shape index (κ2) is 7.66. The Bertz CT molecular complexity index is 901. The lowest BCUT2D eigenvalue weighted by atomic mass is 9.97. The molecule has 25 heavy (non-hydrogen) atoms. The monoisotopic (exact) mass is 351 g/mol. The maximum Gasteiger partial charge on any atom is 0.195 e. The first-order chi connectivity index (χ1) is 12.1. The van der Waals surface area contributed by atoms with Gasteiger partial charge in [0.15, 0.2) is 5.78 Å². The van der Waals surface area contributed by atoms with Crippen LogP contribution >= 0.6 is 11.8 Å². The number of rotatable bonds is 6. The van der Waals surface area contributed by atoms with E-state index in [4.69, 9.17) is 0 Å². The molecule has 0 spiro atoms. The number of nitrogens with zero attached hydrogens (tertiary/aromatic N) is 3. The summed E-state index contributed by atoms with van der Waals surface area (Å²) in [5.41, 5.74) is 3.17. The molecule has 0 amide bonds. The Kier molecular flexibility index (Phi) is 5.34. The normalized spacial score (nSPS) is 10.8. The van der Waals surface area contributed by atoms with Gasteiger partial charge in [-0.3, -0.25) is 9.36 Å². The molecule has 1 aromatic heterocycles. The summed E-state index contributed by atoms with van der Waals surface area (Å²) in [6.45, 7) is 6.00. The number of aryl methyl sites for hydroxylation is 2. The molecule has 0 aliphatic heterocycles. The van der Waals surface area contributed by atoms with Crippen LogP contribution in [0.25, 0.3) is 5.69 Å². The van der Waals surface area contributed by atoms with Crippen molar-refractivity contribution < 1.29 is 4.79 Å². The van der Waals surface area contributed by atoms with Gasteiger partial charge in [0, 0.05) is 16.0 Å². The zero-order chi connectivity index (χ0) is 17.8. The maximum absolute atomic E-state index is 13.3. The van der Waals surface area contributed by atoms with Gasteiger partial charge in [-0.2, -0.15) is 0 Å². The van der Waals surface area contributed by atoms with E-state index < -0.39 is 0 Å². The molecule has 0 saturated heterocycles. The van der Waals surface area contributed by atoms with E-state index >= 15 is 0 Å². The van der Waals surface area contributed by atoms with E-state index in [0.29, 0.717) is 11.1 Å². The standard InChI is InChI=1S/C20H21N3OS/c1-4-11-25-17-9-6-8-16(12-17)20(24)19-14(2)7-5-10-18(19)23-13-21-22-15(23)3/h5-10,12-13H,4,11H2,1-3H3. The third-order valence-electron chi connectivity index (χ3n) is 4.02. The fourth-order valence-corrected chi connectivity index (χ4v) is 3.59. The first-order valence-electron chi connectivity index (χ1n) is 8.36. The lowest BCUT2D eigenvalue weighted by Gasteiger charge is -2.13. The van der Waals surface area contributed by atoms with Gasteiger partial charge in [-0.1, -0.05) is 31.2 Å². The van der Waals surface area contributed by atoms with Crippen LogP contribution in [-0.4, -0.2) is 26.3 Å². The van der Waals surface area contributed by atoms with E-state index in [0.717, 1.165) is 34.1 Å². The summed E-state index contributed by atoms with van der Waals surface area (Å²) in [5.74, 6) is 1.83. The van der Waals surface area contributed by atoms with Crippen molar-refractivity contribution in [1.82, 2.24) is 14.8 Å². The van der Waals surface area contributed by atoms with Crippen molar-refractivity contribution in [3.8, 4) is 5.69 Å². The first-order valence-corrected chi connectivity index (χ1v) is 9.34. The Balaban J connectivity index is 2.05. The first kappa shape index (κ1) is 17.4. The lowest BCUT2D eigenvalue weighted by molar-refractivity contribution is 0.103. The van der Waals surface area contributed by atoms with Crippen molar-refractivity contribution >= 4 is 17.5 Å². The van der Waals surface area contributed by atoms with Crippen LogP contribution in [0.2, 0.25) is 0 Å². The van der Waals surface area contributed by atoms with Crippen LogP contribution < -0.4 is 0 Å². The number of benzene rings is 2. The van der Waals surface area contributed by atoms with Crippen LogP contribution in [0, 0.1) is 13.8 Å². The predicted molar refractivity (Wildman–Crippen MR) is 102 cm³/mol. The summed E-state index contributed by atoms with van der Waals surface area (Å²) in [6, 6.07) is 13.7. The number of carbonyl (C=O) groups excluding carboxylic acids is 1. The number of aromatic nitrogens is 3. The van der Waals surface area contributed by atoms with E-state index in [-0.39, 0.29) is 5.78 Å². The van der Waals surface area contributed by atoms with Crippen molar-refractivity contribution in [3.63, 3.8) is 0 Å². The van der Waals surface area contributed by atoms with Crippen molar-refractivity contribution in [2.24, 2.45) is 0 Å². The number of thioether (sulfide) groups is 1. The number of ketones is 1. The van der Waals surface area contributed by atoms with Gasteiger partial charge in [-0.25, -0.2) is 0 Å². The van der Waals surface area contributed by atoms with Gasteiger partial charge in [0.05, 0.1) is 5.69 Å². The summed E-state index contributed by atoms with van der Waals surface area (Å²) < 4.78 is 1.86. The Morgan fingerprint density at radius 2 is 1.96 bits per heavy atom. The van der Waals surface area contributed by atoms with Gasteiger partial charge in [0.1, 0.15) is 12.2 Å². The molecule has 4 nitrogen and oxygen atoms in total. The van der Waals surface area contributed by atoms with Gasteiger partial charge in [0.2, 0.25) is 0 Å². The zero-order valence-electron chi connectivity index (χ0n) is 14.7. The summed E-state index contributed by atoms with van der Waals surface area (Å²) in [7, 11) is 0. The van der Waals surface area contributed by atoms with Crippen LogP contribution in [0.5, 0.6) is 0 Å².